The van der Waals surface area contributed by atoms with Crippen LogP contribution in [0.4, 0.5) is 0 Å². The van der Waals surface area contributed by atoms with Gasteiger partial charge in [-0.15, -0.1) is 0 Å². The van der Waals surface area contributed by atoms with Gasteiger partial charge in [0.25, 0.3) is 0 Å². The Kier molecular flexibility index (Phi) is 4.34. The third-order valence-corrected chi connectivity index (χ3v) is 6.12. The lowest BCUT2D eigenvalue weighted by molar-refractivity contribution is -0.138. The molecule has 114 valence electrons. The second-order valence-corrected chi connectivity index (χ2v) is 7.34. The fraction of sp³-hybridized carbons (Fsp3) is 0.941. The smallest absolute Gasteiger partial charge is 0.225 e. The summed E-state index contributed by atoms with van der Waals surface area (Å²) in [6.45, 7) is 2.28. The van der Waals surface area contributed by atoms with E-state index in [9.17, 15) is 4.79 Å². The van der Waals surface area contributed by atoms with Crippen LogP contribution < -0.4 is 5.32 Å². The standard InChI is InChI=1S/C17H30N2O/c1-3-12-4-6-13(7-5-12)17(20)19(2)16-10-14-8-9-15(11-16)18-14/h12-16,18H,3-11H2,1-2H3. The minimum Gasteiger partial charge on any atom is -0.342 e. The van der Waals surface area contributed by atoms with Gasteiger partial charge in [-0.1, -0.05) is 13.3 Å². The Balaban J connectivity index is 1.54. The van der Waals surface area contributed by atoms with Gasteiger partial charge < -0.3 is 10.2 Å². The molecular weight excluding hydrogens is 248 g/mol. The van der Waals surface area contributed by atoms with Crippen LogP contribution in [0.5, 0.6) is 0 Å². The molecule has 2 unspecified atom stereocenters. The van der Waals surface area contributed by atoms with Crippen LogP contribution >= 0.6 is 0 Å². The van der Waals surface area contributed by atoms with Gasteiger partial charge in [0.2, 0.25) is 5.91 Å². The fourth-order valence-corrected chi connectivity index (χ4v) is 4.63. The number of piperidine rings is 1. The Hall–Kier alpha value is -0.570. The number of carbonyl (C=O) groups excluding carboxylic acids is 1. The fourth-order valence-electron chi connectivity index (χ4n) is 4.63. The summed E-state index contributed by atoms with van der Waals surface area (Å²) >= 11 is 0. The molecular formula is C17H30N2O. The van der Waals surface area contributed by atoms with E-state index in [2.05, 4.69) is 24.2 Å². The highest BCUT2D eigenvalue weighted by Crippen LogP contribution is 2.34. The zero-order chi connectivity index (χ0) is 14.1. The highest BCUT2D eigenvalue weighted by atomic mass is 16.2. The van der Waals surface area contributed by atoms with E-state index in [-0.39, 0.29) is 0 Å². The van der Waals surface area contributed by atoms with E-state index < -0.39 is 0 Å². The molecule has 0 aromatic heterocycles. The number of hydrogen-bond donors (Lipinski definition) is 1. The van der Waals surface area contributed by atoms with E-state index in [1.807, 2.05) is 0 Å². The number of rotatable bonds is 3. The minimum absolute atomic E-state index is 0.315. The molecule has 0 aromatic rings. The summed E-state index contributed by atoms with van der Waals surface area (Å²) in [6, 6.07) is 1.83. The topological polar surface area (TPSA) is 32.3 Å². The first-order valence-corrected chi connectivity index (χ1v) is 8.70. The molecule has 1 aliphatic carbocycles. The number of carbonyl (C=O) groups is 1. The van der Waals surface area contributed by atoms with Crippen molar-refractivity contribution in [3.8, 4) is 0 Å². The van der Waals surface area contributed by atoms with Crippen LogP contribution in [0.3, 0.4) is 0 Å². The normalized spacial score (nSPS) is 40.6. The van der Waals surface area contributed by atoms with Crippen molar-refractivity contribution in [3.05, 3.63) is 0 Å². The average Bonchev–Trinajstić information content (AvgIpc) is 2.84. The van der Waals surface area contributed by atoms with Gasteiger partial charge in [0.1, 0.15) is 0 Å². The Labute approximate surface area is 123 Å². The lowest BCUT2D eigenvalue weighted by Gasteiger charge is -2.38. The Morgan fingerprint density at radius 3 is 2.20 bits per heavy atom. The van der Waals surface area contributed by atoms with Crippen LogP contribution in [-0.4, -0.2) is 36.0 Å². The summed E-state index contributed by atoms with van der Waals surface area (Å²) in [5.74, 6) is 1.63. The maximum atomic E-state index is 12.7. The average molecular weight is 278 g/mol. The molecule has 3 heteroatoms. The van der Waals surface area contributed by atoms with Gasteiger partial charge in [0, 0.05) is 31.1 Å². The molecule has 1 amide bonds. The number of nitrogens with zero attached hydrogens (tertiary/aromatic N) is 1. The summed E-state index contributed by atoms with van der Waals surface area (Å²) in [5, 5.41) is 3.67. The highest BCUT2D eigenvalue weighted by molar-refractivity contribution is 5.79. The molecule has 2 saturated heterocycles. The van der Waals surface area contributed by atoms with Crippen molar-refractivity contribution >= 4 is 5.91 Å². The van der Waals surface area contributed by atoms with Gasteiger partial charge in [-0.3, -0.25) is 4.79 Å². The van der Waals surface area contributed by atoms with E-state index in [0.717, 1.165) is 18.8 Å². The van der Waals surface area contributed by atoms with E-state index >= 15 is 0 Å². The van der Waals surface area contributed by atoms with E-state index in [1.54, 1.807) is 0 Å². The number of nitrogens with one attached hydrogen (secondary N) is 1. The summed E-state index contributed by atoms with van der Waals surface area (Å²) in [5.41, 5.74) is 0. The van der Waals surface area contributed by atoms with Crippen LogP contribution in [0.15, 0.2) is 0 Å². The third kappa shape index (κ3) is 2.88. The van der Waals surface area contributed by atoms with Crippen LogP contribution in [0.1, 0.15) is 64.7 Å². The zero-order valence-corrected chi connectivity index (χ0v) is 13.1. The lowest BCUT2D eigenvalue weighted by Crippen LogP contribution is -2.50. The molecule has 2 heterocycles. The van der Waals surface area contributed by atoms with Crippen LogP contribution in [0, 0.1) is 11.8 Å². The number of hydrogen-bond acceptors (Lipinski definition) is 2. The Bertz CT molecular complexity index is 337. The molecule has 0 radical (unpaired) electrons. The Morgan fingerprint density at radius 2 is 1.65 bits per heavy atom. The molecule has 1 N–H and O–H groups in total. The molecule has 2 atom stereocenters. The van der Waals surface area contributed by atoms with Crippen molar-refractivity contribution in [1.29, 1.82) is 0 Å². The predicted octanol–water partition coefficient (Wildman–Crippen LogP) is 2.94. The second kappa shape index (κ2) is 6.05. The largest absolute Gasteiger partial charge is 0.342 e. The first-order valence-electron chi connectivity index (χ1n) is 8.70. The molecule has 0 spiro atoms. The summed E-state index contributed by atoms with van der Waals surface area (Å²) < 4.78 is 0. The zero-order valence-electron chi connectivity index (χ0n) is 13.1. The van der Waals surface area contributed by atoms with E-state index in [4.69, 9.17) is 0 Å². The molecule has 1 saturated carbocycles. The maximum Gasteiger partial charge on any atom is 0.225 e. The maximum absolute atomic E-state index is 12.7. The summed E-state index contributed by atoms with van der Waals surface area (Å²) in [7, 11) is 2.06. The molecule has 3 fully saturated rings. The van der Waals surface area contributed by atoms with Crippen molar-refractivity contribution in [2.24, 2.45) is 11.8 Å². The summed E-state index contributed by atoms with van der Waals surface area (Å²) in [4.78, 5) is 14.8. The number of fused-ring (bicyclic) bond motifs is 2. The summed E-state index contributed by atoms with van der Waals surface area (Å²) in [6.07, 6.45) is 11.0. The molecule has 2 aliphatic heterocycles. The predicted molar refractivity (Wildman–Crippen MR) is 81.5 cm³/mol. The molecule has 20 heavy (non-hydrogen) atoms. The van der Waals surface area contributed by atoms with Crippen molar-refractivity contribution < 1.29 is 4.79 Å². The highest BCUT2D eigenvalue weighted by Gasteiger charge is 2.38. The minimum atomic E-state index is 0.315. The number of amides is 1. The molecule has 3 nitrogen and oxygen atoms in total. The quantitative estimate of drug-likeness (QED) is 0.861. The molecule has 3 aliphatic rings. The monoisotopic (exact) mass is 278 g/mol. The van der Waals surface area contributed by atoms with Crippen LogP contribution in [0.2, 0.25) is 0 Å². The SMILES string of the molecule is CCC1CCC(C(=O)N(C)C2CC3CCC(C2)N3)CC1. The van der Waals surface area contributed by atoms with Gasteiger partial charge in [0.15, 0.2) is 0 Å². The van der Waals surface area contributed by atoms with E-state index in [1.165, 1.54) is 44.9 Å². The third-order valence-electron chi connectivity index (χ3n) is 6.12. The van der Waals surface area contributed by atoms with Crippen molar-refractivity contribution in [2.45, 2.75) is 82.8 Å². The molecule has 0 aromatic carbocycles. The van der Waals surface area contributed by atoms with Gasteiger partial charge in [-0.25, -0.2) is 0 Å². The molecule has 2 bridgehead atoms. The Morgan fingerprint density at radius 1 is 1.05 bits per heavy atom. The van der Waals surface area contributed by atoms with E-state index in [0.29, 0.717) is 30.0 Å². The lowest BCUT2D eigenvalue weighted by atomic mass is 9.80. The second-order valence-electron chi connectivity index (χ2n) is 7.34. The van der Waals surface area contributed by atoms with Crippen molar-refractivity contribution in [3.63, 3.8) is 0 Å². The van der Waals surface area contributed by atoms with Gasteiger partial charge in [-0.05, 0) is 57.3 Å². The van der Waals surface area contributed by atoms with Crippen molar-refractivity contribution in [1.82, 2.24) is 10.2 Å². The first-order chi connectivity index (χ1) is 9.67. The van der Waals surface area contributed by atoms with Gasteiger partial charge in [-0.2, -0.15) is 0 Å². The van der Waals surface area contributed by atoms with Crippen molar-refractivity contribution in [2.75, 3.05) is 7.05 Å². The van der Waals surface area contributed by atoms with Crippen LogP contribution in [-0.2, 0) is 4.79 Å². The first kappa shape index (κ1) is 14.4. The molecule has 3 rings (SSSR count). The van der Waals surface area contributed by atoms with Crippen LogP contribution in [0.25, 0.3) is 0 Å². The van der Waals surface area contributed by atoms with Gasteiger partial charge in [0.05, 0.1) is 0 Å². The van der Waals surface area contributed by atoms with Gasteiger partial charge >= 0.3 is 0 Å².